The van der Waals surface area contributed by atoms with Gasteiger partial charge in [0.05, 0.1) is 22.2 Å². The highest BCUT2D eigenvalue weighted by molar-refractivity contribution is 7.13. The van der Waals surface area contributed by atoms with Crippen LogP contribution in [0.25, 0.3) is 22.3 Å². The van der Waals surface area contributed by atoms with Gasteiger partial charge in [0.15, 0.2) is 0 Å². The average molecular weight is 411 g/mol. The molecule has 0 fully saturated rings. The van der Waals surface area contributed by atoms with Gasteiger partial charge in [0.1, 0.15) is 12.3 Å². The van der Waals surface area contributed by atoms with Crippen molar-refractivity contribution in [3.8, 4) is 22.3 Å². The average Bonchev–Trinajstić information content (AvgIpc) is 3.47. The Hall–Kier alpha value is -3.95. The molecule has 0 aliphatic carbocycles. The zero-order valence-electron chi connectivity index (χ0n) is 15.9. The lowest BCUT2D eigenvalue weighted by Crippen LogP contribution is -2.00. The Bertz CT molecular complexity index is 1220. The zero-order chi connectivity index (χ0) is 20.8. The molecule has 2 heterocycles. The molecule has 6 heteroatoms. The molecule has 0 amide bonds. The van der Waals surface area contributed by atoms with Gasteiger partial charge in [-0.05, 0) is 47.4 Å². The lowest BCUT2D eigenvalue weighted by atomic mass is 10.1. The summed E-state index contributed by atoms with van der Waals surface area (Å²) in [6.07, 6.45) is 5.01. The Balaban J connectivity index is 1.52. The molecule has 0 aliphatic heterocycles. The van der Waals surface area contributed by atoms with E-state index >= 15 is 0 Å². The summed E-state index contributed by atoms with van der Waals surface area (Å²) in [5, 5.41) is 15.7. The lowest BCUT2D eigenvalue weighted by Gasteiger charge is -2.02. The van der Waals surface area contributed by atoms with Gasteiger partial charge >= 0.3 is 5.97 Å². The van der Waals surface area contributed by atoms with Gasteiger partial charge in [-0.25, -0.2) is 9.48 Å². The number of nitrogens with zero attached hydrogens (tertiary/aromatic N) is 3. The van der Waals surface area contributed by atoms with E-state index in [1.165, 1.54) is 6.08 Å². The number of esters is 1. The van der Waals surface area contributed by atoms with Crippen molar-refractivity contribution >= 4 is 23.4 Å². The van der Waals surface area contributed by atoms with Gasteiger partial charge in [0.25, 0.3) is 0 Å². The van der Waals surface area contributed by atoms with Gasteiger partial charge < -0.3 is 4.74 Å². The van der Waals surface area contributed by atoms with Crippen molar-refractivity contribution in [1.29, 1.82) is 5.26 Å². The second-order valence-corrected chi connectivity index (χ2v) is 7.39. The number of thiophene rings is 1. The summed E-state index contributed by atoms with van der Waals surface area (Å²) in [7, 11) is 0. The van der Waals surface area contributed by atoms with Crippen LogP contribution in [0.5, 0.6) is 0 Å². The molecule has 2 aromatic carbocycles. The summed E-state index contributed by atoms with van der Waals surface area (Å²) in [6.45, 7) is 0.111. The first kappa shape index (κ1) is 19.4. The van der Waals surface area contributed by atoms with E-state index in [-0.39, 0.29) is 6.61 Å². The van der Waals surface area contributed by atoms with Crippen molar-refractivity contribution < 1.29 is 9.53 Å². The minimum Gasteiger partial charge on any atom is -0.458 e. The third-order valence-electron chi connectivity index (χ3n) is 4.35. The summed E-state index contributed by atoms with van der Waals surface area (Å²) >= 11 is 1.59. The third kappa shape index (κ3) is 4.54. The largest absolute Gasteiger partial charge is 0.458 e. The van der Waals surface area contributed by atoms with Gasteiger partial charge in [-0.3, -0.25) is 0 Å². The molecule has 30 heavy (non-hydrogen) atoms. The minimum absolute atomic E-state index is 0.111. The highest BCUT2D eigenvalue weighted by Crippen LogP contribution is 2.28. The van der Waals surface area contributed by atoms with Gasteiger partial charge in [0, 0.05) is 17.8 Å². The lowest BCUT2D eigenvalue weighted by molar-refractivity contribution is -0.138. The number of rotatable bonds is 6. The normalized spacial score (nSPS) is 10.8. The molecule has 0 bridgehead atoms. The Kier molecular flexibility index (Phi) is 5.83. The summed E-state index contributed by atoms with van der Waals surface area (Å²) in [5.41, 5.74) is 3.87. The fourth-order valence-electron chi connectivity index (χ4n) is 2.92. The van der Waals surface area contributed by atoms with Gasteiger partial charge in [-0.15, -0.1) is 11.3 Å². The van der Waals surface area contributed by atoms with E-state index in [1.54, 1.807) is 40.3 Å². The second kappa shape index (κ2) is 9.03. The standard InChI is InChI=1S/C24H17N3O2S/c25-15-18-6-4-7-19(14-18)17-29-23(28)12-11-20-16-27(21-8-2-1-3-9-21)26-24(20)22-10-5-13-30-22/h1-14,16H,17H2/b12-11+. The number of benzene rings is 2. The number of aromatic nitrogens is 2. The van der Waals surface area contributed by atoms with Crippen LogP contribution in [0.15, 0.2) is 84.4 Å². The number of hydrogen-bond donors (Lipinski definition) is 0. The molecule has 4 aromatic rings. The maximum absolute atomic E-state index is 12.2. The topological polar surface area (TPSA) is 67.9 Å². The van der Waals surface area contributed by atoms with E-state index in [1.807, 2.05) is 60.1 Å². The maximum Gasteiger partial charge on any atom is 0.331 e. The fraction of sp³-hybridized carbons (Fsp3) is 0.0417. The van der Waals surface area contributed by atoms with Crippen molar-refractivity contribution in [1.82, 2.24) is 9.78 Å². The molecular weight excluding hydrogens is 394 g/mol. The van der Waals surface area contributed by atoms with Crippen LogP contribution in [-0.2, 0) is 16.1 Å². The molecule has 4 rings (SSSR count). The molecule has 146 valence electrons. The Morgan fingerprint density at radius 3 is 2.77 bits per heavy atom. The van der Waals surface area contributed by atoms with Crippen LogP contribution in [0.3, 0.4) is 0 Å². The zero-order valence-corrected chi connectivity index (χ0v) is 16.8. The summed E-state index contributed by atoms with van der Waals surface area (Å²) < 4.78 is 7.11. The van der Waals surface area contributed by atoms with Crippen LogP contribution in [-0.4, -0.2) is 15.7 Å². The van der Waals surface area contributed by atoms with E-state index in [4.69, 9.17) is 15.1 Å². The van der Waals surface area contributed by atoms with Gasteiger partial charge in [-0.1, -0.05) is 36.4 Å². The van der Waals surface area contributed by atoms with Gasteiger partial charge in [0.2, 0.25) is 0 Å². The highest BCUT2D eigenvalue weighted by Gasteiger charge is 2.12. The first-order valence-corrected chi connectivity index (χ1v) is 10.1. The van der Waals surface area contributed by atoms with E-state index in [9.17, 15) is 4.79 Å². The number of carbonyl (C=O) groups excluding carboxylic acids is 1. The van der Waals surface area contributed by atoms with Gasteiger partial charge in [-0.2, -0.15) is 10.4 Å². The third-order valence-corrected chi connectivity index (χ3v) is 5.23. The molecule has 2 aromatic heterocycles. The van der Waals surface area contributed by atoms with Crippen LogP contribution >= 0.6 is 11.3 Å². The van der Waals surface area contributed by atoms with Crippen molar-refractivity contribution in [2.45, 2.75) is 6.61 Å². The summed E-state index contributed by atoms with van der Waals surface area (Å²) in [6, 6.07) is 22.9. The number of hydrogen-bond acceptors (Lipinski definition) is 5. The first-order valence-electron chi connectivity index (χ1n) is 9.26. The van der Waals surface area contributed by atoms with E-state index in [0.29, 0.717) is 5.56 Å². The molecule has 0 unspecified atom stereocenters. The quantitative estimate of drug-likeness (QED) is 0.322. The summed E-state index contributed by atoms with van der Waals surface area (Å²) in [5.74, 6) is -0.457. The molecule has 5 nitrogen and oxygen atoms in total. The summed E-state index contributed by atoms with van der Waals surface area (Å²) in [4.78, 5) is 13.2. The van der Waals surface area contributed by atoms with E-state index < -0.39 is 5.97 Å². The van der Waals surface area contributed by atoms with Crippen LogP contribution in [0.4, 0.5) is 0 Å². The molecule has 0 spiro atoms. The maximum atomic E-state index is 12.2. The number of carbonyl (C=O) groups is 1. The van der Waals surface area contributed by atoms with Crippen LogP contribution in [0.1, 0.15) is 16.7 Å². The second-order valence-electron chi connectivity index (χ2n) is 6.44. The first-order chi connectivity index (χ1) is 14.7. The molecule has 0 radical (unpaired) electrons. The van der Waals surface area contributed by atoms with Crippen molar-refractivity contribution in [3.05, 3.63) is 101 Å². The van der Waals surface area contributed by atoms with Crippen LogP contribution in [0, 0.1) is 11.3 Å². The molecular formula is C24H17N3O2S. The molecule has 0 atom stereocenters. The van der Waals surface area contributed by atoms with E-state index in [2.05, 4.69) is 6.07 Å². The van der Waals surface area contributed by atoms with Crippen molar-refractivity contribution in [3.63, 3.8) is 0 Å². The number of ether oxygens (including phenoxy) is 1. The predicted octanol–water partition coefficient (Wildman–Crippen LogP) is 5.23. The fourth-order valence-corrected chi connectivity index (χ4v) is 3.65. The van der Waals surface area contributed by atoms with Crippen molar-refractivity contribution in [2.24, 2.45) is 0 Å². The molecule has 0 aliphatic rings. The smallest absolute Gasteiger partial charge is 0.331 e. The Labute approximate surface area is 178 Å². The molecule has 0 saturated heterocycles. The minimum atomic E-state index is -0.457. The number of para-hydroxylation sites is 1. The monoisotopic (exact) mass is 411 g/mol. The van der Waals surface area contributed by atoms with Crippen LogP contribution in [0.2, 0.25) is 0 Å². The predicted molar refractivity (Wildman–Crippen MR) is 117 cm³/mol. The SMILES string of the molecule is N#Cc1cccc(COC(=O)/C=C/c2cn(-c3ccccc3)nc2-c2cccs2)c1. The van der Waals surface area contributed by atoms with Crippen molar-refractivity contribution in [2.75, 3.05) is 0 Å². The number of nitriles is 1. The highest BCUT2D eigenvalue weighted by atomic mass is 32.1. The Morgan fingerprint density at radius 1 is 1.13 bits per heavy atom. The molecule has 0 saturated carbocycles. The molecule has 0 N–H and O–H groups in total. The Morgan fingerprint density at radius 2 is 2.00 bits per heavy atom. The van der Waals surface area contributed by atoms with E-state index in [0.717, 1.165) is 27.4 Å². The van der Waals surface area contributed by atoms with Crippen LogP contribution < -0.4 is 0 Å².